The summed E-state index contributed by atoms with van der Waals surface area (Å²) in [5.41, 5.74) is 0. The summed E-state index contributed by atoms with van der Waals surface area (Å²) in [7, 11) is 1.64. The van der Waals surface area contributed by atoms with Crippen LogP contribution in [0.4, 0.5) is 0 Å². The van der Waals surface area contributed by atoms with Gasteiger partial charge in [0.05, 0.1) is 44.7 Å². The van der Waals surface area contributed by atoms with Crippen molar-refractivity contribution in [2.75, 3.05) is 53.2 Å². The molecule has 0 aromatic carbocycles. The Balaban J connectivity index is 2.10. The first-order chi connectivity index (χ1) is 9.65. The van der Waals surface area contributed by atoms with Crippen molar-refractivity contribution in [1.29, 1.82) is 0 Å². The molecule has 0 aromatic rings. The molecule has 1 rings (SSSR count). The second-order valence-corrected chi connectivity index (χ2v) is 5.35. The van der Waals surface area contributed by atoms with Gasteiger partial charge in [-0.15, -0.1) is 0 Å². The molecule has 0 radical (unpaired) electrons. The molecule has 2 N–H and O–H groups in total. The van der Waals surface area contributed by atoms with Crippen molar-refractivity contribution in [3.05, 3.63) is 0 Å². The minimum absolute atomic E-state index is 0.00673. The first-order valence-electron chi connectivity index (χ1n) is 7.39. The van der Waals surface area contributed by atoms with Gasteiger partial charge in [0, 0.05) is 26.7 Å². The second-order valence-electron chi connectivity index (χ2n) is 5.35. The van der Waals surface area contributed by atoms with Crippen LogP contribution < -0.4 is 0 Å². The number of methoxy groups -OCH3 is 1. The maximum absolute atomic E-state index is 9.95. The summed E-state index contributed by atoms with van der Waals surface area (Å²) in [6.45, 7) is 5.77. The lowest BCUT2D eigenvalue weighted by Crippen LogP contribution is -2.42. The van der Waals surface area contributed by atoms with Gasteiger partial charge in [-0.2, -0.15) is 0 Å². The normalized spacial score (nSPS) is 21.0. The van der Waals surface area contributed by atoms with Crippen LogP contribution in [-0.2, 0) is 14.2 Å². The lowest BCUT2D eigenvalue weighted by atomic mass is 10.1. The highest BCUT2D eigenvalue weighted by Crippen LogP contribution is 2.13. The molecule has 1 heterocycles. The molecule has 0 aliphatic carbocycles. The van der Waals surface area contributed by atoms with E-state index >= 15 is 0 Å². The van der Waals surface area contributed by atoms with Crippen LogP contribution in [0.2, 0.25) is 0 Å². The first-order valence-corrected chi connectivity index (χ1v) is 7.39. The third-order valence-electron chi connectivity index (χ3n) is 3.42. The maximum Gasteiger partial charge on any atom is 0.0900 e. The standard InChI is InChI=1S/C14H29NO5/c1-12(10-18-2)20-11-13(17)9-15-5-3-14(4-6-15)19-8-7-16/h12-14,16-17H,3-11H2,1-2H3. The highest BCUT2D eigenvalue weighted by Gasteiger charge is 2.21. The van der Waals surface area contributed by atoms with Crippen molar-refractivity contribution in [3.8, 4) is 0 Å². The van der Waals surface area contributed by atoms with Gasteiger partial charge in [0.15, 0.2) is 0 Å². The number of hydrogen-bond acceptors (Lipinski definition) is 6. The van der Waals surface area contributed by atoms with E-state index in [1.165, 1.54) is 0 Å². The fourth-order valence-corrected chi connectivity index (χ4v) is 2.39. The lowest BCUT2D eigenvalue weighted by molar-refractivity contribution is -0.0493. The quantitative estimate of drug-likeness (QED) is 0.584. The fourth-order valence-electron chi connectivity index (χ4n) is 2.39. The zero-order valence-corrected chi connectivity index (χ0v) is 12.7. The Bertz CT molecular complexity index is 234. The minimum atomic E-state index is -0.468. The van der Waals surface area contributed by atoms with Gasteiger partial charge in [-0.05, 0) is 19.8 Å². The number of aliphatic hydroxyl groups excluding tert-OH is 2. The van der Waals surface area contributed by atoms with Gasteiger partial charge in [-0.25, -0.2) is 0 Å². The zero-order valence-electron chi connectivity index (χ0n) is 12.7. The molecule has 0 spiro atoms. The van der Waals surface area contributed by atoms with Crippen LogP contribution in [0, 0.1) is 0 Å². The number of ether oxygens (including phenoxy) is 3. The Labute approximate surface area is 121 Å². The van der Waals surface area contributed by atoms with E-state index in [1.54, 1.807) is 7.11 Å². The molecule has 2 atom stereocenters. The van der Waals surface area contributed by atoms with E-state index in [4.69, 9.17) is 19.3 Å². The Morgan fingerprint density at radius 3 is 2.55 bits per heavy atom. The van der Waals surface area contributed by atoms with E-state index in [0.717, 1.165) is 25.9 Å². The third kappa shape index (κ3) is 7.52. The zero-order chi connectivity index (χ0) is 14.8. The SMILES string of the molecule is COCC(C)OCC(O)CN1CCC(OCCO)CC1. The molecule has 20 heavy (non-hydrogen) atoms. The van der Waals surface area contributed by atoms with Crippen LogP contribution in [0.3, 0.4) is 0 Å². The van der Waals surface area contributed by atoms with Crippen LogP contribution in [0.5, 0.6) is 0 Å². The van der Waals surface area contributed by atoms with Gasteiger partial charge in [0.1, 0.15) is 0 Å². The molecule has 6 heteroatoms. The van der Waals surface area contributed by atoms with Gasteiger partial charge in [-0.3, -0.25) is 0 Å². The van der Waals surface area contributed by atoms with E-state index < -0.39 is 6.10 Å². The largest absolute Gasteiger partial charge is 0.394 e. The Morgan fingerprint density at radius 1 is 1.25 bits per heavy atom. The molecule has 0 bridgehead atoms. The maximum atomic E-state index is 9.95. The predicted molar refractivity (Wildman–Crippen MR) is 75.8 cm³/mol. The molecule has 1 aliphatic rings. The average molecular weight is 291 g/mol. The van der Waals surface area contributed by atoms with Gasteiger partial charge in [0.2, 0.25) is 0 Å². The Morgan fingerprint density at radius 2 is 1.95 bits per heavy atom. The van der Waals surface area contributed by atoms with Gasteiger partial charge in [-0.1, -0.05) is 0 Å². The number of β-amino-alcohol motifs (C(OH)–C–C–N with tert-alkyl or cyclic N) is 1. The van der Waals surface area contributed by atoms with E-state index in [0.29, 0.717) is 26.4 Å². The molecular weight excluding hydrogens is 262 g/mol. The number of rotatable bonds is 10. The lowest BCUT2D eigenvalue weighted by Gasteiger charge is -2.33. The van der Waals surface area contributed by atoms with Crippen molar-refractivity contribution >= 4 is 0 Å². The molecule has 1 aliphatic heterocycles. The summed E-state index contributed by atoms with van der Waals surface area (Å²) in [5, 5.41) is 18.7. The number of piperidine rings is 1. The molecule has 0 amide bonds. The molecule has 0 aromatic heterocycles. The van der Waals surface area contributed by atoms with E-state index in [-0.39, 0.29) is 18.8 Å². The molecule has 120 valence electrons. The van der Waals surface area contributed by atoms with Crippen LogP contribution in [0.25, 0.3) is 0 Å². The van der Waals surface area contributed by atoms with Gasteiger partial charge >= 0.3 is 0 Å². The van der Waals surface area contributed by atoms with Gasteiger partial charge in [0.25, 0.3) is 0 Å². The summed E-state index contributed by atoms with van der Waals surface area (Å²) in [5.74, 6) is 0. The topological polar surface area (TPSA) is 71.4 Å². The summed E-state index contributed by atoms with van der Waals surface area (Å²) in [4.78, 5) is 2.23. The van der Waals surface area contributed by atoms with Crippen LogP contribution in [-0.4, -0.2) is 86.6 Å². The van der Waals surface area contributed by atoms with Crippen LogP contribution in [0.15, 0.2) is 0 Å². The molecule has 1 fully saturated rings. The molecule has 0 saturated carbocycles. The van der Waals surface area contributed by atoms with Crippen LogP contribution >= 0.6 is 0 Å². The number of hydrogen-bond donors (Lipinski definition) is 2. The smallest absolute Gasteiger partial charge is 0.0900 e. The van der Waals surface area contributed by atoms with Crippen molar-refractivity contribution in [3.63, 3.8) is 0 Å². The number of nitrogens with zero attached hydrogens (tertiary/aromatic N) is 1. The molecule has 2 unspecified atom stereocenters. The summed E-state index contributed by atoms with van der Waals surface area (Å²) in [6.07, 6.45) is 1.69. The van der Waals surface area contributed by atoms with Crippen molar-refractivity contribution in [2.24, 2.45) is 0 Å². The molecule has 6 nitrogen and oxygen atoms in total. The molecule has 1 saturated heterocycles. The number of likely N-dealkylation sites (tertiary alicyclic amines) is 1. The van der Waals surface area contributed by atoms with E-state index in [9.17, 15) is 5.11 Å². The highest BCUT2D eigenvalue weighted by atomic mass is 16.5. The third-order valence-corrected chi connectivity index (χ3v) is 3.42. The van der Waals surface area contributed by atoms with Crippen molar-refractivity contribution < 1.29 is 24.4 Å². The fraction of sp³-hybridized carbons (Fsp3) is 1.00. The van der Waals surface area contributed by atoms with E-state index in [1.807, 2.05) is 6.92 Å². The summed E-state index contributed by atoms with van der Waals surface area (Å²) >= 11 is 0. The Hall–Kier alpha value is -0.240. The minimum Gasteiger partial charge on any atom is -0.394 e. The average Bonchev–Trinajstić information content (AvgIpc) is 2.45. The monoisotopic (exact) mass is 291 g/mol. The van der Waals surface area contributed by atoms with E-state index in [2.05, 4.69) is 4.90 Å². The highest BCUT2D eigenvalue weighted by molar-refractivity contribution is 4.74. The predicted octanol–water partition coefficient (Wildman–Crippen LogP) is -0.128. The summed E-state index contributed by atoms with van der Waals surface area (Å²) in [6, 6.07) is 0. The summed E-state index contributed by atoms with van der Waals surface area (Å²) < 4.78 is 16.0. The number of aliphatic hydroxyl groups is 2. The van der Waals surface area contributed by atoms with Crippen LogP contribution in [0.1, 0.15) is 19.8 Å². The van der Waals surface area contributed by atoms with Crippen molar-refractivity contribution in [2.45, 2.75) is 38.1 Å². The Kier molecular flexibility index (Phi) is 9.33. The first kappa shape index (κ1) is 17.8. The van der Waals surface area contributed by atoms with Gasteiger partial charge < -0.3 is 29.3 Å². The molecular formula is C14H29NO5. The second kappa shape index (κ2) is 10.5. The van der Waals surface area contributed by atoms with Crippen molar-refractivity contribution in [1.82, 2.24) is 4.90 Å².